The van der Waals surface area contributed by atoms with Crippen LogP contribution in [0.1, 0.15) is 36.0 Å². The van der Waals surface area contributed by atoms with Gasteiger partial charge in [0.05, 0.1) is 5.41 Å². The summed E-state index contributed by atoms with van der Waals surface area (Å²) in [5.41, 5.74) is -0.914. The first-order valence-electron chi connectivity index (χ1n) is 5.23. The van der Waals surface area contributed by atoms with Gasteiger partial charge in [0, 0.05) is 17.5 Å². The number of hydrogen-bond acceptors (Lipinski definition) is 4. The maximum atomic E-state index is 12.1. The Hall–Kier alpha value is -1.23. The van der Waals surface area contributed by atoms with Gasteiger partial charge in [-0.3, -0.25) is 9.59 Å². The minimum Gasteiger partial charge on any atom is -0.481 e. The average molecular weight is 239 g/mol. The van der Waals surface area contributed by atoms with Gasteiger partial charge >= 0.3 is 5.97 Å². The number of carboxylic acids is 1. The molecule has 0 spiro atoms. The monoisotopic (exact) mass is 239 g/mol. The van der Waals surface area contributed by atoms with Gasteiger partial charge in [-0.05, 0) is 19.8 Å². The maximum Gasteiger partial charge on any atom is 0.310 e. The van der Waals surface area contributed by atoms with Gasteiger partial charge in [-0.15, -0.1) is 11.3 Å². The molecule has 2 rings (SSSR count). The maximum absolute atomic E-state index is 12.1. The summed E-state index contributed by atoms with van der Waals surface area (Å²) < 4.78 is 0. The molecule has 1 aromatic rings. The molecular formula is C11H13NO3S. The Morgan fingerprint density at radius 1 is 1.62 bits per heavy atom. The van der Waals surface area contributed by atoms with E-state index in [-0.39, 0.29) is 5.78 Å². The molecule has 1 saturated carbocycles. The molecule has 0 saturated heterocycles. The van der Waals surface area contributed by atoms with E-state index in [1.165, 1.54) is 11.3 Å². The third kappa shape index (κ3) is 1.65. The second kappa shape index (κ2) is 3.97. The van der Waals surface area contributed by atoms with E-state index in [0.717, 1.165) is 6.42 Å². The fourth-order valence-corrected chi connectivity index (χ4v) is 2.97. The molecule has 2 atom stereocenters. The SMILES string of the molecule is C[C@]1(C(=O)O)CCC[C@@H]1C(=O)c1nccs1. The highest BCUT2D eigenvalue weighted by molar-refractivity contribution is 7.11. The Morgan fingerprint density at radius 2 is 2.38 bits per heavy atom. The fraction of sp³-hybridized carbons (Fsp3) is 0.545. The lowest BCUT2D eigenvalue weighted by molar-refractivity contribution is -0.149. The van der Waals surface area contributed by atoms with Crippen molar-refractivity contribution in [2.75, 3.05) is 0 Å². The number of nitrogens with zero attached hydrogens (tertiary/aromatic N) is 1. The summed E-state index contributed by atoms with van der Waals surface area (Å²) in [6.45, 7) is 1.67. The van der Waals surface area contributed by atoms with Gasteiger partial charge in [-0.1, -0.05) is 6.42 Å². The van der Waals surface area contributed by atoms with Gasteiger partial charge in [-0.25, -0.2) is 4.98 Å². The summed E-state index contributed by atoms with van der Waals surface area (Å²) in [5.74, 6) is -1.41. The molecule has 0 unspecified atom stereocenters. The summed E-state index contributed by atoms with van der Waals surface area (Å²) in [6.07, 6.45) is 3.60. The molecule has 0 bridgehead atoms. The summed E-state index contributed by atoms with van der Waals surface area (Å²) in [5, 5.41) is 11.4. The molecule has 0 aromatic carbocycles. The predicted molar refractivity (Wildman–Crippen MR) is 59.5 cm³/mol. The van der Waals surface area contributed by atoms with Crippen LogP contribution in [0.4, 0.5) is 0 Å². The zero-order chi connectivity index (χ0) is 11.8. The molecule has 0 radical (unpaired) electrons. The van der Waals surface area contributed by atoms with Crippen LogP contribution in [0.25, 0.3) is 0 Å². The van der Waals surface area contributed by atoms with Crippen LogP contribution in [-0.4, -0.2) is 21.8 Å². The number of aliphatic carboxylic acids is 1. The number of aromatic nitrogens is 1. The van der Waals surface area contributed by atoms with Crippen molar-refractivity contribution in [2.45, 2.75) is 26.2 Å². The van der Waals surface area contributed by atoms with Gasteiger partial charge in [0.15, 0.2) is 10.8 Å². The fourth-order valence-electron chi connectivity index (χ4n) is 2.34. The van der Waals surface area contributed by atoms with Crippen molar-refractivity contribution < 1.29 is 14.7 Å². The van der Waals surface area contributed by atoms with Crippen LogP contribution in [0.5, 0.6) is 0 Å². The van der Waals surface area contributed by atoms with Crippen LogP contribution in [0.3, 0.4) is 0 Å². The number of ketones is 1. The van der Waals surface area contributed by atoms with E-state index in [1.54, 1.807) is 18.5 Å². The molecule has 1 N–H and O–H groups in total. The summed E-state index contributed by atoms with van der Waals surface area (Å²) >= 11 is 1.28. The minimum atomic E-state index is -0.914. The molecule has 1 heterocycles. The van der Waals surface area contributed by atoms with E-state index in [2.05, 4.69) is 4.98 Å². The molecule has 5 heteroatoms. The number of rotatable bonds is 3. The Labute approximate surface area is 97.3 Å². The van der Waals surface area contributed by atoms with Gasteiger partial charge < -0.3 is 5.11 Å². The molecule has 0 amide bonds. The topological polar surface area (TPSA) is 67.3 Å². The standard InChI is InChI=1S/C11H13NO3S/c1-11(10(14)15)4-2-3-7(11)8(13)9-12-5-6-16-9/h5-7H,2-4H2,1H3,(H,14,15)/t7-,11+/m1/s1. The lowest BCUT2D eigenvalue weighted by atomic mass is 9.77. The van der Waals surface area contributed by atoms with Crippen molar-refractivity contribution in [3.63, 3.8) is 0 Å². The van der Waals surface area contributed by atoms with Crippen LogP contribution >= 0.6 is 11.3 Å². The number of carboxylic acid groups (broad SMARTS) is 1. The number of carbonyl (C=O) groups is 2. The van der Waals surface area contributed by atoms with Crippen molar-refractivity contribution in [1.82, 2.24) is 4.98 Å². The first-order valence-corrected chi connectivity index (χ1v) is 6.11. The van der Waals surface area contributed by atoms with E-state index in [4.69, 9.17) is 0 Å². The zero-order valence-electron chi connectivity index (χ0n) is 8.97. The molecule has 1 aliphatic carbocycles. The third-order valence-corrected chi connectivity index (χ3v) is 4.19. The van der Waals surface area contributed by atoms with Crippen LogP contribution < -0.4 is 0 Å². The van der Waals surface area contributed by atoms with Crippen LogP contribution in [0.2, 0.25) is 0 Å². The second-order valence-electron chi connectivity index (χ2n) is 4.37. The third-order valence-electron chi connectivity index (χ3n) is 3.41. The molecule has 1 fully saturated rings. The molecule has 86 valence electrons. The summed E-state index contributed by atoms with van der Waals surface area (Å²) in [6, 6.07) is 0. The van der Waals surface area contributed by atoms with Gasteiger partial charge in [0.1, 0.15) is 0 Å². The van der Waals surface area contributed by atoms with Gasteiger partial charge in [0.2, 0.25) is 0 Å². The molecule has 0 aliphatic heterocycles. The largest absolute Gasteiger partial charge is 0.481 e. The van der Waals surface area contributed by atoms with E-state index in [1.807, 2.05) is 0 Å². The lowest BCUT2D eigenvalue weighted by Crippen LogP contribution is -2.36. The molecule has 1 aliphatic rings. The summed E-state index contributed by atoms with van der Waals surface area (Å²) in [7, 11) is 0. The molecule has 16 heavy (non-hydrogen) atoms. The molecular weight excluding hydrogens is 226 g/mol. The number of hydrogen-bond donors (Lipinski definition) is 1. The van der Waals surface area contributed by atoms with Crippen LogP contribution in [0, 0.1) is 11.3 Å². The lowest BCUT2D eigenvalue weighted by Gasteiger charge is -2.24. The van der Waals surface area contributed by atoms with E-state index >= 15 is 0 Å². The Kier molecular flexibility index (Phi) is 2.80. The Bertz CT molecular complexity index is 415. The average Bonchev–Trinajstić information content (AvgIpc) is 2.85. The van der Waals surface area contributed by atoms with Crippen molar-refractivity contribution in [3.05, 3.63) is 16.6 Å². The highest BCUT2D eigenvalue weighted by Crippen LogP contribution is 2.45. The normalized spacial score (nSPS) is 29.2. The van der Waals surface area contributed by atoms with Crippen molar-refractivity contribution in [2.24, 2.45) is 11.3 Å². The van der Waals surface area contributed by atoms with Crippen molar-refractivity contribution in [3.8, 4) is 0 Å². The molecule has 4 nitrogen and oxygen atoms in total. The van der Waals surface area contributed by atoms with E-state index in [9.17, 15) is 14.7 Å². The predicted octanol–water partition coefficient (Wildman–Crippen LogP) is 2.22. The number of Topliss-reactive ketones (excluding diaryl/α,β-unsaturated/α-hetero) is 1. The highest BCUT2D eigenvalue weighted by Gasteiger charge is 2.49. The Morgan fingerprint density at radius 3 is 2.94 bits per heavy atom. The second-order valence-corrected chi connectivity index (χ2v) is 5.26. The van der Waals surface area contributed by atoms with Gasteiger partial charge in [-0.2, -0.15) is 0 Å². The van der Waals surface area contributed by atoms with Crippen molar-refractivity contribution in [1.29, 1.82) is 0 Å². The quantitative estimate of drug-likeness (QED) is 0.821. The van der Waals surface area contributed by atoms with Crippen LogP contribution in [0.15, 0.2) is 11.6 Å². The zero-order valence-corrected chi connectivity index (χ0v) is 9.79. The van der Waals surface area contributed by atoms with Crippen molar-refractivity contribution >= 4 is 23.1 Å². The number of carbonyl (C=O) groups excluding carboxylic acids is 1. The molecule has 1 aromatic heterocycles. The number of thiazole rings is 1. The minimum absolute atomic E-state index is 0.114. The van der Waals surface area contributed by atoms with E-state index in [0.29, 0.717) is 17.8 Å². The first-order chi connectivity index (χ1) is 7.55. The van der Waals surface area contributed by atoms with Crippen LogP contribution in [-0.2, 0) is 4.79 Å². The van der Waals surface area contributed by atoms with E-state index < -0.39 is 17.3 Å². The first kappa shape index (κ1) is 11.3. The highest BCUT2D eigenvalue weighted by atomic mass is 32.1. The van der Waals surface area contributed by atoms with Gasteiger partial charge in [0.25, 0.3) is 0 Å². The summed E-state index contributed by atoms with van der Waals surface area (Å²) in [4.78, 5) is 27.3. The Balaban J connectivity index is 2.27. The smallest absolute Gasteiger partial charge is 0.310 e.